The van der Waals surface area contributed by atoms with Gasteiger partial charge in [-0.1, -0.05) is 6.92 Å². The number of hydrogen-bond donors (Lipinski definition) is 0. The molecule has 1 aromatic heterocycles. The zero-order valence-electron chi connectivity index (χ0n) is 12.2. The molecule has 2 aromatic rings. The van der Waals surface area contributed by atoms with Gasteiger partial charge in [0.15, 0.2) is 0 Å². The molecule has 0 aliphatic carbocycles. The van der Waals surface area contributed by atoms with Crippen molar-refractivity contribution in [3.63, 3.8) is 0 Å². The Labute approximate surface area is 138 Å². The summed E-state index contributed by atoms with van der Waals surface area (Å²) in [5.74, 6) is 0.157. The SMILES string of the molecule is CCC(C)n1ccc(CN2C(=O)Cc3cc(I)ccc32)n1. The summed E-state index contributed by atoms with van der Waals surface area (Å²) in [6, 6.07) is 8.56. The van der Waals surface area contributed by atoms with Crippen molar-refractivity contribution in [3.8, 4) is 0 Å². The van der Waals surface area contributed by atoms with Crippen LogP contribution < -0.4 is 4.90 Å². The maximum Gasteiger partial charge on any atom is 0.231 e. The van der Waals surface area contributed by atoms with Gasteiger partial charge in [0.1, 0.15) is 0 Å². The van der Waals surface area contributed by atoms with Gasteiger partial charge in [-0.2, -0.15) is 5.10 Å². The van der Waals surface area contributed by atoms with E-state index in [1.807, 2.05) is 34.0 Å². The molecule has 0 N–H and O–H groups in total. The highest BCUT2D eigenvalue weighted by Gasteiger charge is 2.27. The number of hydrogen-bond acceptors (Lipinski definition) is 2. The summed E-state index contributed by atoms with van der Waals surface area (Å²) in [5.41, 5.74) is 3.09. The molecular weight excluding hydrogens is 377 g/mol. The molecule has 21 heavy (non-hydrogen) atoms. The number of carbonyl (C=O) groups excluding carboxylic acids is 1. The van der Waals surface area contributed by atoms with E-state index in [1.54, 1.807) is 0 Å². The average Bonchev–Trinajstić information content (AvgIpc) is 3.04. The van der Waals surface area contributed by atoms with Gasteiger partial charge in [-0.3, -0.25) is 9.48 Å². The lowest BCUT2D eigenvalue weighted by Crippen LogP contribution is -2.26. The molecule has 1 amide bonds. The molecule has 0 saturated heterocycles. The predicted molar refractivity (Wildman–Crippen MR) is 91.3 cm³/mol. The van der Waals surface area contributed by atoms with Crippen molar-refractivity contribution >= 4 is 34.2 Å². The fourth-order valence-electron chi connectivity index (χ4n) is 2.58. The Morgan fingerprint density at radius 3 is 2.95 bits per heavy atom. The molecule has 1 atom stereocenters. The average molecular weight is 395 g/mol. The van der Waals surface area contributed by atoms with Crippen molar-refractivity contribution in [1.82, 2.24) is 9.78 Å². The van der Waals surface area contributed by atoms with Gasteiger partial charge in [0, 0.05) is 21.5 Å². The van der Waals surface area contributed by atoms with Crippen LogP contribution in [0.2, 0.25) is 0 Å². The summed E-state index contributed by atoms with van der Waals surface area (Å²) in [5, 5.41) is 4.59. The molecule has 1 aromatic carbocycles. The molecule has 1 aliphatic heterocycles. The van der Waals surface area contributed by atoms with Gasteiger partial charge in [0.25, 0.3) is 0 Å². The first-order valence-corrected chi connectivity index (χ1v) is 8.29. The van der Waals surface area contributed by atoms with Crippen LogP contribution >= 0.6 is 22.6 Å². The highest BCUT2D eigenvalue weighted by atomic mass is 127. The van der Waals surface area contributed by atoms with Crippen LogP contribution in [0.5, 0.6) is 0 Å². The molecule has 1 aliphatic rings. The lowest BCUT2D eigenvalue weighted by molar-refractivity contribution is -0.117. The minimum atomic E-state index is 0.157. The molecule has 4 nitrogen and oxygen atoms in total. The quantitative estimate of drug-likeness (QED) is 0.743. The zero-order chi connectivity index (χ0) is 15.0. The molecule has 0 bridgehead atoms. The topological polar surface area (TPSA) is 38.1 Å². The predicted octanol–water partition coefficient (Wildman–Crippen LogP) is 3.55. The van der Waals surface area contributed by atoms with Crippen LogP contribution in [0.4, 0.5) is 5.69 Å². The Morgan fingerprint density at radius 2 is 2.19 bits per heavy atom. The number of amides is 1. The summed E-state index contributed by atoms with van der Waals surface area (Å²) in [6.07, 6.45) is 3.54. The second-order valence-corrected chi connectivity index (χ2v) is 6.72. The maximum absolute atomic E-state index is 12.2. The van der Waals surface area contributed by atoms with Gasteiger partial charge in [-0.25, -0.2) is 0 Å². The minimum absolute atomic E-state index is 0.157. The Hall–Kier alpha value is -1.37. The Kier molecular flexibility index (Phi) is 4.01. The first kappa shape index (κ1) is 14.6. The number of anilines is 1. The number of rotatable bonds is 4. The van der Waals surface area contributed by atoms with Gasteiger partial charge >= 0.3 is 0 Å². The molecule has 0 radical (unpaired) electrons. The molecule has 0 fully saturated rings. The fourth-order valence-corrected chi connectivity index (χ4v) is 3.14. The number of halogens is 1. The molecule has 5 heteroatoms. The third kappa shape index (κ3) is 2.84. The smallest absolute Gasteiger partial charge is 0.231 e. The standard InChI is InChI=1S/C16H18IN3O/c1-3-11(2)20-7-6-14(18-20)10-19-15-5-4-13(17)8-12(15)9-16(19)21/h4-8,11H,3,9-10H2,1-2H3. The van der Waals surface area contributed by atoms with Crippen molar-refractivity contribution in [1.29, 1.82) is 0 Å². The number of benzene rings is 1. The van der Waals surface area contributed by atoms with Crippen LogP contribution in [0.15, 0.2) is 30.5 Å². The van der Waals surface area contributed by atoms with Crippen LogP contribution in [0.25, 0.3) is 0 Å². The molecular formula is C16H18IN3O. The van der Waals surface area contributed by atoms with E-state index >= 15 is 0 Å². The maximum atomic E-state index is 12.2. The van der Waals surface area contributed by atoms with Crippen molar-refractivity contribution in [2.45, 2.75) is 39.3 Å². The van der Waals surface area contributed by atoms with Crippen molar-refractivity contribution in [2.75, 3.05) is 4.90 Å². The van der Waals surface area contributed by atoms with Crippen LogP contribution in [0.1, 0.15) is 37.6 Å². The van der Waals surface area contributed by atoms with Gasteiger partial charge in [0.2, 0.25) is 5.91 Å². The summed E-state index contributed by atoms with van der Waals surface area (Å²) < 4.78 is 3.15. The summed E-state index contributed by atoms with van der Waals surface area (Å²) in [6.45, 7) is 4.85. The molecule has 2 heterocycles. The highest BCUT2D eigenvalue weighted by molar-refractivity contribution is 14.1. The van der Waals surface area contributed by atoms with E-state index in [0.717, 1.165) is 23.4 Å². The number of fused-ring (bicyclic) bond motifs is 1. The van der Waals surface area contributed by atoms with E-state index < -0.39 is 0 Å². The highest BCUT2D eigenvalue weighted by Crippen LogP contribution is 2.31. The van der Waals surface area contributed by atoms with Crippen LogP contribution in [-0.4, -0.2) is 15.7 Å². The number of aromatic nitrogens is 2. The number of nitrogens with zero attached hydrogens (tertiary/aromatic N) is 3. The first-order valence-electron chi connectivity index (χ1n) is 7.21. The Bertz CT molecular complexity index is 680. The summed E-state index contributed by atoms with van der Waals surface area (Å²) in [4.78, 5) is 14.1. The Morgan fingerprint density at radius 1 is 1.38 bits per heavy atom. The van der Waals surface area contributed by atoms with Crippen molar-refractivity contribution < 1.29 is 4.79 Å². The summed E-state index contributed by atoms with van der Waals surface area (Å²) >= 11 is 2.28. The Balaban J connectivity index is 1.82. The zero-order valence-corrected chi connectivity index (χ0v) is 14.4. The molecule has 1 unspecified atom stereocenters. The molecule has 110 valence electrons. The summed E-state index contributed by atoms with van der Waals surface area (Å²) in [7, 11) is 0. The first-order chi connectivity index (χ1) is 10.1. The molecule has 0 spiro atoms. The minimum Gasteiger partial charge on any atom is -0.306 e. The third-order valence-corrected chi connectivity index (χ3v) is 4.67. The third-order valence-electron chi connectivity index (χ3n) is 4.00. The second-order valence-electron chi connectivity index (χ2n) is 5.47. The van der Waals surface area contributed by atoms with Crippen molar-refractivity contribution in [2.24, 2.45) is 0 Å². The lowest BCUT2D eigenvalue weighted by Gasteiger charge is -2.16. The van der Waals surface area contributed by atoms with Gasteiger partial charge in [-0.05, 0) is 65.8 Å². The van der Waals surface area contributed by atoms with Gasteiger partial charge < -0.3 is 4.90 Å². The van der Waals surface area contributed by atoms with Gasteiger partial charge in [-0.15, -0.1) is 0 Å². The van der Waals surface area contributed by atoms with E-state index in [1.165, 1.54) is 3.57 Å². The molecule has 3 rings (SSSR count). The van der Waals surface area contributed by atoms with E-state index in [9.17, 15) is 4.79 Å². The van der Waals surface area contributed by atoms with Crippen molar-refractivity contribution in [3.05, 3.63) is 45.3 Å². The van der Waals surface area contributed by atoms with E-state index in [4.69, 9.17) is 0 Å². The second kappa shape index (κ2) is 5.79. The largest absolute Gasteiger partial charge is 0.306 e. The van der Waals surface area contributed by atoms with Gasteiger partial charge in [0.05, 0.1) is 18.7 Å². The fraction of sp³-hybridized carbons (Fsp3) is 0.375. The van der Waals surface area contributed by atoms with Crippen LogP contribution in [0, 0.1) is 3.57 Å². The number of carbonyl (C=O) groups is 1. The van der Waals surface area contributed by atoms with E-state index in [2.05, 4.69) is 47.6 Å². The van der Waals surface area contributed by atoms with Crippen LogP contribution in [-0.2, 0) is 17.8 Å². The van der Waals surface area contributed by atoms with E-state index in [0.29, 0.717) is 19.0 Å². The van der Waals surface area contributed by atoms with E-state index in [-0.39, 0.29) is 5.91 Å². The lowest BCUT2D eigenvalue weighted by atomic mass is 10.2. The molecule has 0 saturated carbocycles. The van der Waals surface area contributed by atoms with Crippen LogP contribution in [0.3, 0.4) is 0 Å². The normalized spacial score (nSPS) is 15.4. The monoisotopic (exact) mass is 395 g/mol.